The number of benzene rings is 2. The molecule has 1 atom stereocenters. The molecule has 0 spiro atoms. The van der Waals surface area contributed by atoms with Crippen molar-refractivity contribution >= 4 is 17.3 Å². The van der Waals surface area contributed by atoms with Gasteiger partial charge in [-0.25, -0.2) is 0 Å². The van der Waals surface area contributed by atoms with Crippen molar-refractivity contribution in [3.63, 3.8) is 0 Å². The van der Waals surface area contributed by atoms with Crippen molar-refractivity contribution in [2.45, 2.75) is 19.3 Å². The maximum atomic E-state index is 6.17. The molecule has 0 saturated carbocycles. The Morgan fingerprint density at radius 1 is 1.25 bits per heavy atom. The number of rotatable bonds is 1. The molecule has 1 aliphatic heterocycles. The molecule has 3 N–H and O–H groups in total. The highest BCUT2D eigenvalue weighted by molar-refractivity contribution is 6.33. The fourth-order valence-corrected chi connectivity index (χ4v) is 3.14. The van der Waals surface area contributed by atoms with E-state index in [9.17, 15) is 0 Å². The monoisotopic (exact) mass is 286 g/mol. The van der Waals surface area contributed by atoms with E-state index in [2.05, 4.69) is 42.6 Å². The van der Waals surface area contributed by atoms with Crippen LogP contribution in [0.3, 0.4) is 0 Å². The van der Waals surface area contributed by atoms with Gasteiger partial charge in [0.1, 0.15) is 0 Å². The predicted molar refractivity (Wildman–Crippen MR) is 85.5 cm³/mol. The average Bonchev–Trinajstić information content (AvgIpc) is 2.62. The van der Waals surface area contributed by atoms with Crippen molar-refractivity contribution in [3.05, 3.63) is 63.7 Å². The molecule has 0 fully saturated rings. The highest BCUT2D eigenvalue weighted by Crippen LogP contribution is 2.34. The summed E-state index contributed by atoms with van der Waals surface area (Å²) < 4.78 is 0. The Hall–Kier alpha value is -1.51. The summed E-state index contributed by atoms with van der Waals surface area (Å²) in [5, 5.41) is 4.18. The van der Waals surface area contributed by atoms with Crippen LogP contribution in [0.2, 0.25) is 5.02 Å². The van der Waals surface area contributed by atoms with Crippen molar-refractivity contribution < 1.29 is 0 Å². The lowest BCUT2D eigenvalue weighted by Crippen LogP contribution is -2.21. The number of aryl methyl sites for hydroxylation is 1. The van der Waals surface area contributed by atoms with Crippen LogP contribution in [0, 0.1) is 6.92 Å². The lowest BCUT2D eigenvalue weighted by Gasteiger charge is -2.19. The lowest BCUT2D eigenvalue weighted by atomic mass is 9.87. The van der Waals surface area contributed by atoms with Crippen LogP contribution in [0.25, 0.3) is 0 Å². The first kappa shape index (κ1) is 13.5. The maximum absolute atomic E-state index is 6.17. The average molecular weight is 287 g/mol. The third-order valence-corrected chi connectivity index (χ3v) is 4.33. The van der Waals surface area contributed by atoms with Crippen LogP contribution in [0.1, 0.15) is 28.2 Å². The number of fused-ring (bicyclic) bond motifs is 1. The second-order valence-electron chi connectivity index (χ2n) is 5.49. The van der Waals surface area contributed by atoms with Crippen LogP contribution in [0.15, 0.2) is 36.4 Å². The van der Waals surface area contributed by atoms with Crippen molar-refractivity contribution in [1.82, 2.24) is 5.32 Å². The number of nitrogens with two attached hydrogens (primary N) is 1. The molecule has 0 unspecified atom stereocenters. The van der Waals surface area contributed by atoms with E-state index in [-0.39, 0.29) is 0 Å². The van der Waals surface area contributed by atoms with Crippen molar-refractivity contribution in [3.8, 4) is 0 Å². The molecule has 2 nitrogen and oxygen atoms in total. The normalized spacial score (nSPS) is 18.4. The first-order valence-electron chi connectivity index (χ1n) is 7.00. The molecular formula is C17H19ClN2. The number of halogens is 1. The van der Waals surface area contributed by atoms with Gasteiger partial charge in [0.2, 0.25) is 0 Å². The number of hydrogen-bond donors (Lipinski definition) is 2. The minimum Gasteiger partial charge on any atom is -0.398 e. The SMILES string of the molecule is Cc1cccc([C@H]2CNCCc3cc(Cl)c(N)cc32)c1. The van der Waals surface area contributed by atoms with Crippen LogP contribution in [-0.2, 0) is 6.42 Å². The van der Waals surface area contributed by atoms with Gasteiger partial charge in [0.25, 0.3) is 0 Å². The molecule has 3 rings (SSSR count). The summed E-state index contributed by atoms with van der Waals surface area (Å²) >= 11 is 6.17. The molecule has 0 radical (unpaired) electrons. The highest BCUT2D eigenvalue weighted by atomic mass is 35.5. The van der Waals surface area contributed by atoms with Gasteiger partial charge in [0, 0.05) is 12.5 Å². The summed E-state index contributed by atoms with van der Waals surface area (Å²) in [5.41, 5.74) is 11.9. The Kier molecular flexibility index (Phi) is 3.68. The second-order valence-corrected chi connectivity index (χ2v) is 5.90. The van der Waals surface area contributed by atoms with Crippen LogP contribution in [-0.4, -0.2) is 13.1 Å². The standard InChI is InChI=1S/C17H19ClN2/c1-11-3-2-4-12(7-11)15-10-20-6-5-13-8-16(18)17(19)9-14(13)15/h2-4,7-9,15,20H,5-6,10,19H2,1H3/t15-/m1/s1. The van der Waals surface area contributed by atoms with Gasteiger partial charge in [-0.05, 0) is 48.7 Å². The number of hydrogen-bond acceptors (Lipinski definition) is 2. The molecule has 20 heavy (non-hydrogen) atoms. The smallest absolute Gasteiger partial charge is 0.0638 e. The van der Waals surface area contributed by atoms with E-state index >= 15 is 0 Å². The quantitative estimate of drug-likeness (QED) is 0.788. The van der Waals surface area contributed by atoms with Crippen molar-refractivity contribution in [2.24, 2.45) is 0 Å². The molecule has 0 bridgehead atoms. The van der Waals surface area contributed by atoms with Gasteiger partial charge in [-0.15, -0.1) is 0 Å². The molecule has 2 aromatic rings. The second kappa shape index (κ2) is 5.47. The highest BCUT2D eigenvalue weighted by Gasteiger charge is 2.21. The molecule has 2 aromatic carbocycles. The van der Waals surface area contributed by atoms with Crippen molar-refractivity contribution in [2.75, 3.05) is 18.8 Å². The Morgan fingerprint density at radius 2 is 2.10 bits per heavy atom. The maximum Gasteiger partial charge on any atom is 0.0638 e. The fraction of sp³-hybridized carbons (Fsp3) is 0.294. The van der Waals surface area contributed by atoms with Crippen LogP contribution in [0.5, 0.6) is 0 Å². The Balaban J connectivity index is 2.11. The Labute approximate surface area is 125 Å². The number of anilines is 1. The molecular weight excluding hydrogens is 268 g/mol. The van der Waals surface area contributed by atoms with Gasteiger partial charge in [-0.1, -0.05) is 41.4 Å². The van der Waals surface area contributed by atoms with E-state index in [1.807, 2.05) is 6.07 Å². The van der Waals surface area contributed by atoms with Crippen molar-refractivity contribution in [1.29, 1.82) is 0 Å². The minimum absolute atomic E-state index is 0.340. The van der Waals surface area contributed by atoms with E-state index in [0.29, 0.717) is 16.6 Å². The molecule has 0 aliphatic carbocycles. The molecule has 104 valence electrons. The van der Waals surface area contributed by atoms with Gasteiger partial charge in [-0.3, -0.25) is 0 Å². The lowest BCUT2D eigenvalue weighted by molar-refractivity contribution is 0.664. The molecule has 1 aliphatic rings. The van der Waals surface area contributed by atoms with E-state index in [1.54, 1.807) is 0 Å². The molecule has 0 amide bonds. The summed E-state index contributed by atoms with van der Waals surface area (Å²) in [6.07, 6.45) is 0.998. The summed E-state index contributed by atoms with van der Waals surface area (Å²) in [4.78, 5) is 0. The van der Waals surface area contributed by atoms with Gasteiger partial charge in [0.15, 0.2) is 0 Å². The Morgan fingerprint density at radius 3 is 2.90 bits per heavy atom. The van der Waals surface area contributed by atoms with Gasteiger partial charge in [0.05, 0.1) is 10.7 Å². The van der Waals surface area contributed by atoms with Gasteiger partial charge < -0.3 is 11.1 Å². The largest absolute Gasteiger partial charge is 0.398 e. The van der Waals surface area contributed by atoms with E-state index in [4.69, 9.17) is 17.3 Å². The molecule has 0 saturated heterocycles. The van der Waals surface area contributed by atoms with Crippen LogP contribution in [0.4, 0.5) is 5.69 Å². The summed E-state index contributed by atoms with van der Waals surface area (Å²) in [6, 6.07) is 12.8. The summed E-state index contributed by atoms with van der Waals surface area (Å²) in [6.45, 7) is 4.05. The summed E-state index contributed by atoms with van der Waals surface area (Å²) in [7, 11) is 0. The Bertz CT molecular complexity index is 637. The first-order valence-corrected chi connectivity index (χ1v) is 7.38. The third kappa shape index (κ3) is 2.54. The molecule has 3 heteroatoms. The predicted octanol–water partition coefficient (Wildman–Crippen LogP) is 3.51. The number of nitrogens with one attached hydrogen (secondary N) is 1. The minimum atomic E-state index is 0.340. The van der Waals surface area contributed by atoms with Crippen LogP contribution < -0.4 is 11.1 Å². The number of nitrogen functional groups attached to an aromatic ring is 1. The van der Waals surface area contributed by atoms with E-state index in [1.165, 1.54) is 22.3 Å². The van der Waals surface area contributed by atoms with Gasteiger partial charge >= 0.3 is 0 Å². The van der Waals surface area contributed by atoms with Gasteiger partial charge in [-0.2, -0.15) is 0 Å². The topological polar surface area (TPSA) is 38.0 Å². The summed E-state index contributed by atoms with van der Waals surface area (Å²) in [5.74, 6) is 0.340. The van der Waals surface area contributed by atoms with Crippen LogP contribution >= 0.6 is 11.6 Å². The zero-order chi connectivity index (χ0) is 14.1. The molecule has 1 heterocycles. The molecule has 0 aromatic heterocycles. The first-order chi connectivity index (χ1) is 9.65. The van der Waals surface area contributed by atoms with E-state index in [0.717, 1.165) is 19.5 Å². The fourth-order valence-electron chi connectivity index (χ4n) is 2.95. The zero-order valence-corrected chi connectivity index (χ0v) is 12.4. The zero-order valence-electron chi connectivity index (χ0n) is 11.6. The third-order valence-electron chi connectivity index (χ3n) is 4.00. The van der Waals surface area contributed by atoms with E-state index < -0.39 is 0 Å².